The fourth-order valence-corrected chi connectivity index (χ4v) is 9.85. The number of carbonyl (C=O) groups excluding carboxylic acids is 1. The van der Waals surface area contributed by atoms with E-state index in [0.717, 1.165) is 9.97 Å². The van der Waals surface area contributed by atoms with Crippen molar-refractivity contribution in [1.82, 2.24) is 0 Å². The van der Waals surface area contributed by atoms with Gasteiger partial charge < -0.3 is 0 Å². The Bertz CT molecular complexity index is 594. The maximum absolute atomic E-state index is 12.0. The van der Waals surface area contributed by atoms with Crippen molar-refractivity contribution in [3.8, 4) is 0 Å². The second-order valence-corrected chi connectivity index (χ2v) is 17.1. The summed E-state index contributed by atoms with van der Waals surface area (Å²) in [4.78, 5) is 12.0. The third-order valence-electron chi connectivity index (χ3n) is 3.87. The molecule has 23 heavy (non-hydrogen) atoms. The summed E-state index contributed by atoms with van der Waals surface area (Å²) in [5, 5.41) is 0. The molecule has 1 aromatic carbocycles. The van der Waals surface area contributed by atoms with Crippen molar-refractivity contribution >= 4 is 37.7 Å². The number of ether oxygens (including phenoxy) is 1. The summed E-state index contributed by atoms with van der Waals surface area (Å²) in [7, 11) is 13.2. The van der Waals surface area contributed by atoms with Gasteiger partial charge in [0.25, 0.3) is 0 Å². The molecule has 0 amide bonds. The van der Waals surface area contributed by atoms with Crippen LogP contribution < -0.4 is 0 Å². The summed E-state index contributed by atoms with van der Waals surface area (Å²) < 4.78 is 11.9. The fraction of sp³-hybridized carbons (Fsp3) is 0.471. The summed E-state index contributed by atoms with van der Waals surface area (Å²) in [6.07, 6.45) is 1.22. The van der Waals surface area contributed by atoms with Crippen LogP contribution in [0.1, 0.15) is 39.4 Å². The first kappa shape index (κ1) is 18.8. The fourth-order valence-electron chi connectivity index (χ4n) is 2.95. The Labute approximate surface area is 149 Å². The van der Waals surface area contributed by atoms with Gasteiger partial charge in [-0.05, 0) is 0 Å². The van der Waals surface area contributed by atoms with Gasteiger partial charge in [0.2, 0.25) is 0 Å². The Kier molecular flexibility index (Phi) is 5.88. The van der Waals surface area contributed by atoms with Crippen LogP contribution in [0, 0.1) is 11.3 Å². The molecule has 2 atom stereocenters. The minimum absolute atomic E-state index is 0.0655. The summed E-state index contributed by atoms with van der Waals surface area (Å²) in [5.41, 5.74) is 0.867. The molecule has 0 saturated carbocycles. The molecule has 0 spiro atoms. The molecule has 1 saturated heterocycles. The molecule has 1 aromatic rings. The van der Waals surface area contributed by atoms with E-state index in [4.69, 9.17) is 28.5 Å². The summed E-state index contributed by atoms with van der Waals surface area (Å²) >= 11 is -3.74. The Morgan fingerprint density at radius 1 is 1.30 bits per heavy atom. The number of halogens is 2. The number of rotatable bonds is 3. The van der Waals surface area contributed by atoms with Crippen LogP contribution in [-0.2, 0) is 13.3 Å². The predicted octanol–water partition coefficient (Wildman–Crippen LogP) is 4.87. The molecular formula is C17H22Cl2GeO3. The van der Waals surface area contributed by atoms with Gasteiger partial charge in [0, 0.05) is 0 Å². The van der Waals surface area contributed by atoms with E-state index in [1.165, 1.54) is 6.08 Å². The van der Waals surface area contributed by atoms with E-state index < -0.39 is 17.7 Å². The SMILES string of the molecule is CCOC(=O)/C=[C]1/[C@H](C(C)(C)C)[C@@H](c2ccccc2)[O][Ge]1([Cl])[Cl]. The van der Waals surface area contributed by atoms with Crippen LogP contribution in [-0.4, -0.2) is 24.3 Å². The molecule has 6 heteroatoms. The zero-order chi connectivity index (χ0) is 17.3. The van der Waals surface area contributed by atoms with Crippen molar-refractivity contribution in [1.29, 1.82) is 0 Å². The van der Waals surface area contributed by atoms with Gasteiger partial charge in [0.1, 0.15) is 0 Å². The van der Waals surface area contributed by atoms with Crippen molar-refractivity contribution in [2.24, 2.45) is 11.3 Å². The number of esters is 1. The summed E-state index contributed by atoms with van der Waals surface area (Å²) in [6, 6.07) is 9.88. The normalized spacial score (nSPS) is 25.6. The first-order chi connectivity index (χ1) is 10.7. The number of benzene rings is 1. The molecule has 1 heterocycles. The third kappa shape index (κ3) is 4.33. The predicted molar refractivity (Wildman–Crippen MR) is 95.4 cm³/mol. The van der Waals surface area contributed by atoms with E-state index in [-0.39, 0.29) is 17.4 Å². The van der Waals surface area contributed by atoms with Crippen LogP contribution in [0.4, 0.5) is 0 Å². The van der Waals surface area contributed by atoms with Crippen molar-refractivity contribution in [2.75, 3.05) is 6.61 Å². The van der Waals surface area contributed by atoms with Gasteiger partial charge in [-0.2, -0.15) is 0 Å². The van der Waals surface area contributed by atoms with E-state index in [9.17, 15) is 4.79 Å². The van der Waals surface area contributed by atoms with Gasteiger partial charge in [0.05, 0.1) is 0 Å². The molecule has 1 fully saturated rings. The van der Waals surface area contributed by atoms with Crippen LogP contribution in [0.15, 0.2) is 40.8 Å². The zero-order valence-corrected chi connectivity index (χ0v) is 17.4. The molecule has 0 bridgehead atoms. The van der Waals surface area contributed by atoms with Crippen LogP contribution >= 0.6 is 20.0 Å². The Morgan fingerprint density at radius 2 is 1.91 bits per heavy atom. The van der Waals surface area contributed by atoms with Crippen LogP contribution in [0.5, 0.6) is 0 Å². The van der Waals surface area contributed by atoms with Crippen molar-refractivity contribution in [3.63, 3.8) is 0 Å². The van der Waals surface area contributed by atoms with Crippen molar-refractivity contribution in [2.45, 2.75) is 33.8 Å². The molecule has 1 aliphatic heterocycles. The first-order valence-electron chi connectivity index (χ1n) is 7.66. The maximum atomic E-state index is 12.0. The quantitative estimate of drug-likeness (QED) is 0.400. The van der Waals surface area contributed by atoms with Crippen molar-refractivity contribution in [3.05, 3.63) is 46.4 Å². The van der Waals surface area contributed by atoms with E-state index in [1.54, 1.807) is 6.92 Å². The second-order valence-electron chi connectivity index (χ2n) is 6.66. The number of hydrogen-bond donors (Lipinski definition) is 0. The molecule has 3 nitrogen and oxygen atoms in total. The average Bonchev–Trinajstić information content (AvgIpc) is 2.71. The minimum atomic E-state index is -3.74. The van der Waals surface area contributed by atoms with Gasteiger partial charge >= 0.3 is 149 Å². The second kappa shape index (κ2) is 7.18. The van der Waals surface area contributed by atoms with Crippen LogP contribution in [0.2, 0.25) is 0 Å². The average molecular weight is 418 g/mol. The number of carbonyl (C=O) groups is 1. The van der Waals surface area contributed by atoms with E-state index >= 15 is 0 Å². The molecule has 0 N–H and O–H groups in total. The topological polar surface area (TPSA) is 35.5 Å². The standard InChI is InChI=1S/C17H22Cl2GeO3/c1-5-22-14(21)11-13-15(17(2,3)4)16(23-20(13,18)19)12-9-7-6-8-10-12/h6-11,15-16H,5H2,1-4H3/b13-11-/t15-,16+/m0/s1. The molecule has 2 rings (SSSR count). The molecule has 0 aromatic heterocycles. The monoisotopic (exact) mass is 418 g/mol. The van der Waals surface area contributed by atoms with Gasteiger partial charge in [-0.25, -0.2) is 0 Å². The van der Waals surface area contributed by atoms with Gasteiger partial charge in [0.15, 0.2) is 0 Å². The van der Waals surface area contributed by atoms with Gasteiger partial charge in [-0.1, -0.05) is 0 Å². The third-order valence-corrected chi connectivity index (χ3v) is 10.6. The van der Waals surface area contributed by atoms with Crippen LogP contribution in [0.25, 0.3) is 0 Å². The van der Waals surface area contributed by atoms with Crippen LogP contribution in [0.3, 0.4) is 0 Å². The zero-order valence-electron chi connectivity index (χ0n) is 13.8. The molecule has 0 aliphatic carbocycles. The van der Waals surface area contributed by atoms with Crippen molar-refractivity contribution < 1.29 is 13.3 Å². The molecule has 126 valence electrons. The molecule has 1 aliphatic rings. The summed E-state index contributed by atoms with van der Waals surface area (Å²) in [6.45, 7) is 8.40. The van der Waals surface area contributed by atoms with Gasteiger partial charge in [-0.3, -0.25) is 0 Å². The Morgan fingerprint density at radius 3 is 2.43 bits per heavy atom. The number of hydrogen-bond acceptors (Lipinski definition) is 3. The van der Waals surface area contributed by atoms with Gasteiger partial charge in [-0.15, -0.1) is 0 Å². The first-order valence-corrected chi connectivity index (χ1v) is 15.1. The van der Waals surface area contributed by atoms with E-state index in [2.05, 4.69) is 20.8 Å². The molecule has 0 radical (unpaired) electrons. The molecular weight excluding hydrogens is 396 g/mol. The van der Waals surface area contributed by atoms with E-state index in [0.29, 0.717) is 6.61 Å². The Balaban J connectivity index is 2.49. The molecule has 0 unspecified atom stereocenters. The summed E-state index contributed by atoms with van der Waals surface area (Å²) in [5.74, 6) is -0.477. The van der Waals surface area contributed by atoms with E-state index in [1.807, 2.05) is 30.3 Å². The Hall–Kier alpha value is -0.487.